The second kappa shape index (κ2) is 4.96. The van der Waals surface area contributed by atoms with Crippen molar-refractivity contribution in [1.29, 1.82) is 0 Å². The highest BCUT2D eigenvalue weighted by molar-refractivity contribution is 5.87. The average Bonchev–Trinajstić information content (AvgIpc) is 2.22. The summed E-state index contributed by atoms with van der Waals surface area (Å²) in [6.07, 6.45) is -0.408. The fraction of sp³-hybridized carbons (Fsp3) is 0.500. The van der Waals surface area contributed by atoms with Crippen molar-refractivity contribution in [2.45, 2.75) is 25.7 Å². The van der Waals surface area contributed by atoms with E-state index in [1.807, 2.05) is 0 Å². The summed E-state index contributed by atoms with van der Waals surface area (Å²) >= 11 is 0. The lowest BCUT2D eigenvalue weighted by Crippen LogP contribution is -2.46. The van der Waals surface area contributed by atoms with Crippen molar-refractivity contribution in [3.8, 4) is 0 Å². The predicted octanol–water partition coefficient (Wildman–Crippen LogP) is -0.368. The van der Waals surface area contributed by atoms with Gasteiger partial charge >= 0.3 is 23.9 Å². The van der Waals surface area contributed by atoms with Crippen LogP contribution >= 0.6 is 0 Å². The van der Waals surface area contributed by atoms with Gasteiger partial charge in [-0.05, 0) is 6.92 Å². The number of carbonyl (C=O) groups excluding carboxylic acids is 3. The van der Waals surface area contributed by atoms with E-state index < -0.39 is 30.5 Å². The molecule has 1 aliphatic heterocycles. The Kier molecular flexibility index (Phi) is 3.84. The number of carbonyl (C=O) groups is 3. The van der Waals surface area contributed by atoms with Gasteiger partial charge in [0.2, 0.25) is 0 Å². The van der Waals surface area contributed by atoms with E-state index in [1.54, 1.807) is 0 Å². The normalized spacial score (nSPS) is 25.1. The molecule has 1 N–H and O–H groups in total. The van der Waals surface area contributed by atoms with Gasteiger partial charge in [-0.2, -0.15) is 0 Å². The lowest BCUT2D eigenvalue weighted by Gasteiger charge is -2.27. The van der Waals surface area contributed by atoms with Crippen molar-refractivity contribution < 1.29 is 33.7 Å². The number of esters is 3. The van der Waals surface area contributed by atoms with Crippen molar-refractivity contribution in [1.82, 2.24) is 0 Å². The zero-order valence-corrected chi connectivity index (χ0v) is 9.23. The predicted molar refractivity (Wildman–Crippen MR) is 52.1 cm³/mol. The van der Waals surface area contributed by atoms with E-state index in [4.69, 9.17) is 0 Å². The molecular weight excluding hydrogens is 232 g/mol. The van der Waals surface area contributed by atoms with Gasteiger partial charge in [-0.3, -0.25) is 9.59 Å². The summed E-state index contributed by atoms with van der Waals surface area (Å²) in [5.74, 6) is -5.11. The summed E-state index contributed by atoms with van der Waals surface area (Å²) in [4.78, 5) is 33.3. The average molecular weight is 244 g/mol. The molecule has 1 atom stereocenters. The second-order valence-corrected chi connectivity index (χ2v) is 3.52. The van der Waals surface area contributed by atoms with Crippen LogP contribution in [0.4, 0.5) is 0 Å². The Labute approximate surface area is 96.9 Å². The highest BCUT2D eigenvalue weighted by Gasteiger charge is 2.40. The summed E-state index contributed by atoms with van der Waals surface area (Å²) in [5, 5.41) is 9.68. The van der Waals surface area contributed by atoms with Gasteiger partial charge in [0.25, 0.3) is 0 Å². The van der Waals surface area contributed by atoms with E-state index in [0.717, 1.165) is 0 Å². The molecule has 7 nitrogen and oxygen atoms in total. The molecule has 1 saturated heterocycles. The number of hydrogen-bond acceptors (Lipinski definition) is 7. The molecule has 0 aromatic heterocycles. The number of aliphatic hydroxyl groups is 1. The van der Waals surface area contributed by atoms with Crippen molar-refractivity contribution in [2.24, 2.45) is 0 Å². The SMILES string of the molecule is C=C(C)C(=O)OC1(O)COC(=O)CCC(=O)O1. The Balaban J connectivity index is 2.76. The molecule has 1 rings (SSSR count). The zero-order chi connectivity index (χ0) is 13.1. The molecule has 0 saturated carbocycles. The number of ether oxygens (including phenoxy) is 3. The first-order chi connectivity index (χ1) is 7.82. The van der Waals surface area contributed by atoms with Gasteiger partial charge in [0.05, 0.1) is 12.8 Å². The third-order valence-electron chi connectivity index (χ3n) is 1.82. The van der Waals surface area contributed by atoms with Gasteiger partial charge in [-0.1, -0.05) is 6.58 Å². The molecule has 0 aromatic rings. The summed E-state index contributed by atoms with van der Waals surface area (Å²) in [6.45, 7) is 3.88. The molecule has 0 aliphatic carbocycles. The molecule has 94 valence electrons. The van der Waals surface area contributed by atoms with E-state index >= 15 is 0 Å². The van der Waals surface area contributed by atoms with Crippen molar-refractivity contribution >= 4 is 17.9 Å². The molecule has 0 spiro atoms. The maximum atomic E-state index is 11.2. The summed E-state index contributed by atoms with van der Waals surface area (Å²) in [6, 6.07) is 0. The molecule has 0 amide bonds. The van der Waals surface area contributed by atoms with Gasteiger partial charge in [0, 0.05) is 5.57 Å². The molecule has 0 bridgehead atoms. The topological polar surface area (TPSA) is 99.1 Å². The molecule has 0 radical (unpaired) electrons. The Hall–Kier alpha value is -1.89. The lowest BCUT2D eigenvalue weighted by molar-refractivity contribution is -0.338. The second-order valence-electron chi connectivity index (χ2n) is 3.52. The van der Waals surface area contributed by atoms with Crippen molar-refractivity contribution in [3.05, 3.63) is 12.2 Å². The Morgan fingerprint density at radius 2 is 2.00 bits per heavy atom. The first-order valence-electron chi connectivity index (χ1n) is 4.81. The van der Waals surface area contributed by atoms with E-state index in [0.29, 0.717) is 0 Å². The summed E-state index contributed by atoms with van der Waals surface area (Å²) in [5.41, 5.74) is 0.00265. The van der Waals surface area contributed by atoms with E-state index in [1.165, 1.54) is 6.92 Å². The van der Waals surface area contributed by atoms with Crippen LogP contribution in [0.1, 0.15) is 19.8 Å². The Bertz CT molecular complexity index is 373. The zero-order valence-electron chi connectivity index (χ0n) is 9.23. The van der Waals surface area contributed by atoms with Crippen LogP contribution in [-0.4, -0.2) is 35.6 Å². The third-order valence-corrected chi connectivity index (χ3v) is 1.82. The maximum absolute atomic E-state index is 11.2. The summed E-state index contributed by atoms with van der Waals surface area (Å²) in [7, 11) is 0. The largest absolute Gasteiger partial charge is 0.454 e. The van der Waals surface area contributed by atoms with Crippen LogP contribution in [0.2, 0.25) is 0 Å². The fourth-order valence-corrected chi connectivity index (χ4v) is 0.989. The van der Waals surface area contributed by atoms with Crippen molar-refractivity contribution in [2.75, 3.05) is 6.61 Å². The number of hydrogen-bond donors (Lipinski definition) is 1. The molecule has 17 heavy (non-hydrogen) atoms. The molecule has 1 heterocycles. The van der Waals surface area contributed by atoms with Gasteiger partial charge in [-0.15, -0.1) is 0 Å². The van der Waals surface area contributed by atoms with Gasteiger partial charge in [0.15, 0.2) is 6.61 Å². The number of rotatable bonds is 2. The first kappa shape index (κ1) is 13.2. The van der Waals surface area contributed by atoms with Gasteiger partial charge < -0.3 is 19.3 Å². The van der Waals surface area contributed by atoms with Crippen LogP contribution in [0.3, 0.4) is 0 Å². The fourth-order valence-electron chi connectivity index (χ4n) is 0.989. The molecule has 7 heteroatoms. The van der Waals surface area contributed by atoms with Crippen LogP contribution < -0.4 is 0 Å². The minimum Gasteiger partial charge on any atom is -0.454 e. The third kappa shape index (κ3) is 3.87. The highest BCUT2D eigenvalue weighted by atomic mass is 16.9. The van der Waals surface area contributed by atoms with Gasteiger partial charge in [-0.25, -0.2) is 4.79 Å². The summed E-state index contributed by atoms with van der Waals surface area (Å²) < 4.78 is 13.5. The minimum absolute atomic E-state index is 0.00265. The maximum Gasteiger partial charge on any atom is 0.410 e. The molecular formula is C10H12O7. The van der Waals surface area contributed by atoms with Crippen molar-refractivity contribution in [3.63, 3.8) is 0 Å². The van der Waals surface area contributed by atoms with Crippen LogP contribution in [0.25, 0.3) is 0 Å². The molecule has 1 unspecified atom stereocenters. The highest BCUT2D eigenvalue weighted by Crippen LogP contribution is 2.17. The first-order valence-corrected chi connectivity index (χ1v) is 4.81. The quantitative estimate of drug-likeness (QED) is 0.402. The Morgan fingerprint density at radius 3 is 2.59 bits per heavy atom. The van der Waals surface area contributed by atoms with E-state index in [-0.39, 0.29) is 18.4 Å². The van der Waals surface area contributed by atoms with E-state index in [2.05, 4.69) is 20.8 Å². The molecule has 1 aliphatic rings. The smallest absolute Gasteiger partial charge is 0.410 e. The Morgan fingerprint density at radius 1 is 1.41 bits per heavy atom. The van der Waals surface area contributed by atoms with E-state index in [9.17, 15) is 19.5 Å². The molecule has 1 fully saturated rings. The number of cyclic esters (lactones) is 2. The monoisotopic (exact) mass is 244 g/mol. The van der Waals surface area contributed by atoms with Crippen LogP contribution in [0, 0.1) is 0 Å². The lowest BCUT2D eigenvalue weighted by atomic mass is 10.3. The van der Waals surface area contributed by atoms with Crippen LogP contribution in [0.5, 0.6) is 0 Å². The van der Waals surface area contributed by atoms with Gasteiger partial charge in [0.1, 0.15) is 0 Å². The molecule has 0 aromatic carbocycles. The standard InChI is InChI=1S/C10H12O7/c1-6(2)9(13)17-10(14)5-15-7(11)3-4-8(12)16-10/h14H,1,3-5H2,2H3. The minimum atomic E-state index is -2.59. The van der Waals surface area contributed by atoms with Crippen LogP contribution in [0.15, 0.2) is 12.2 Å². The van der Waals surface area contributed by atoms with Crippen LogP contribution in [-0.2, 0) is 28.6 Å².